The van der Waals surface area contributed by atoms with Gasteiger partial charge in [-0.15, -0.1) is 0 Å². The maximum absolute atomic E-state index is 12.9. The molecule has 2 aromatic carbocycles. The molecule has 1 N–H and O–H groups in total. The molecule has 2 aromatic rings. The number of benzene rings is 2. The highest BCUT2D eigenvalue weighted by Crippen LogP contribution is 2.23. The minimum Gasteiger partial charge on any atom is -0.383 e. The lowest BCUT2D eigenvalue weighted by molar-refractivity contribution is -0.126. The minimum atomic E-state index is -0.0200. The van der Waals surface area contributed by atoms with Gasteiger partial charge in [0, 0.05) is 38.2 Å². The maximum atomic E-state index is 12.9. The van der Waals surface area contributed by atoms with Crippen molar-refractivity contribution in [2.24, 2.45) is 5.92 Å². The van der Waals surface area contributed by atoms with Gasteiger partial charge in [0.1, 0.15) is 0 Å². The highest BCUT2D eigenvalue weighted by Gasteiger charge is 2.28. The van der Waals surface area contributed by atoms with Gasteiger partial charge >= 0.3 is 0 Å². The van der Waals surface area contributed by atoms with Gasteiger partial charge in [0.05, 0.1) is 6.61 Å². The zero-order chi connectivity index (χ0) is 17.6. The summed E-state index contributed by atoms with van der Waals surface area (Å²) in [5.41, 5.74) is 0.737. The van der Waals surface area contributed by atoms with E-state index in [1.165, 1.54) is 0 Å². The van der Waals surface area contributed by atoms with Crippen LogP contribution in [0.25, 0.3) is 10.8 Å². The van der Waals surface area contributed by atoms with E-state index in [0.717, 1.165) is 16.3 Å². The van der Waals surface area contributed by atoms with Crippen molar-refractivity contribution in [1.29, 1.82) is 0 Å². The molecule has 0 aromatic heterocycles. The maximum Gasteiger partial charge on any atom is 0.254 e. The highest BCUT2D eigenvalue weighted by atomic mass is 16.5. The van der Waals surface area contributed by atoms with Crippen LogP contribution >= 0.6 is 0 Å². The summed E-state index contributed by atoms with van der Waals surface area (Å²) >= 11 is 0. The summed E-state index contributed by atoms with van der Waals surface area (Å²) in [6.07, 6.45) is 1.41. The third-order valence-electron chi connectivity index (χ3n) is 4.78. The molecule has 1 saturated heterocycles. The molecule has 0 aliphatic carbocycles. The van der Waals surface area contributed by atoms with Crippen LogP contribution in [0.2, 0.25) is 0 Å². The van der Waals surface area contributed by atoms with E-state index >= 15 is 0 Å². The van der Waals surface area contributed by atoms with E-state index in [9.17, 15) is 9.59 Å². The number of rotatable bonds is 5. The van der Waals surface area contributed by atoms with Crippen LogP contribution in [0.3, 0.4) is 0 Å². The number of ether oxygens (including phenoxy) is 1. The molecular weight excluding hydrogens is 316 g/mol. The van der Waals surface area contributed by atoms with E-state index in [2.05, 4.69) is 5.32 Å². The number of carbonyl (C=O) groups excluding carboxylic acids is 2. The Bertz CT molecular complexity index is 746. The van der Waals surface area contributed by atoms with Crippen molar-refractivity contribution >= 4 is 22.6 Å². The van der Waals surface area contributed by atoms with E-state index in [4.69, 9.17) is 4.74 Å². The Morgan fingerprint density at radius 3 is 2.60 bits per heavy atom. The molecule has 1 fully saturated rings. The number of likely N-dealkylation sites (tertiary alicyclic amines) is 1. The Morgan fingerprint density at radius 2 is 1.84 bits per heavy atom. The van der Waals surface area contributed by atoms with Crippen molar-refractivity contribution in [3.63, 3.8) is 0 Å². The second kappa shape index (κ2) is 8.12. The van der Waals surface area contributed by atoms with Gasteiger partial charge in [0.25, 0.3) is 5.91 Å². The zero-order valence-electron chi connectivity index (χ0n) is 14.5. The Kier molecular flexibility index (Phi) is 5.66. The molecule has 1 aliphatic rings. The number of nitrogens with zero attached hydrogens (tertiary/aromatic N) is 1. The number of piperidine rings is 1. The Labute approximate surface area is 148 Å². The number of fused-ring (bicyclic) bond motifs is 1. The highest BCUT2D eigenvalue weighted by molar-refractivity contribution is 6.07. The summed E-state index contributed by atoms with van der Waals surface area (Å²) in [5, 5.41) is 4.94. The number of nitrogens with one attached hydrogen (secondary N) is 1. The monoisotopic (exact) mass is 340 g/mol. The standard InChI is InChI=1S/C20H24N2O3/c1-25-14-11-21-19(23)16-9-12-22(13-10-16)20(24)18-8-4-6-15-5-2-3-7-17(15)18/h2-8,16H,9-14H2,1H3,(H,21,23). The third kappa shape index (κ3) is 3.99. The molecule has 2 amide bonds. The summed E-state index contributed by atoms with van der Waals surface area (Å²) in [5.74, 6) is 0.0952. The Hall–Kier alpha value is -2.40. The molecule has 132 valence electrons. The van der Waals surface area contributed by atoms with Gasteiger partial charge in [-0.25, -0.2) is 0 Å². The topological polar surface area (TPSA) is 58.6 Å². The number of hydrogen-bond donors (Lipinski definition) is 1. The molecule has 1 aliphatic heterocycles. The Morgan fingerprint density at radius 1 is 1.12 bits per heavy atom. The number of amides is 2. The second-order valence-electron chi connectivity index (χ2n) is 6.38. The normalized spacial score (nSPS) is 15.3. The smallest absolute Gasteiger partial charge is 0.254 e. The molecule has 1 heterocycles. The van der Waals surface area contributed by atoms with Gasteiger partial charge < -0.3 is 15.0 Å². The molecule has 0 atom stereocenters. The molecule has 0 saturated carbocycles. The lowest BCUT2D eigenvalue weighted by atomic mass is 9.95. The first-order chi connectivity index (χ1) is 12.2. The number of methoxy groups -OCH3 is 1. The molecule has 0 bridgehead atoms. The predicted octanol–water partition coefficient (Wildman–Crippen LogP) is 2.45. The van der Waals surface area contributed by atoms with Crippen LogP contribution in [0.4, 0.5) is 0 Å². The molecule has 5 nitrogen and oxygen atoms in total. The van der Waals surface area contributed by atoms with Gasteiger partial charge in [0.2, 0.25) is 5.91 Å². The summed E-state index contributed by atoms with van der Waals surface area (Å²) in [6.45, 7) is 2.28. The molecular formula is C20H24N2O3. The Balaban J connectivity index is 1.62. The van der Waals surface area contributed by atoms with Gasteiger partial charge in [-0.2, -0.15) is 0 Å². The van der Waals surface area contributed by atoms with Crippen molar-refractivity contribution in [3.8, 4) is 0 Å². The van der Waals surface area contributed by atoms with Crippen LogP contribution in [0.15, 0.2) is 42.5 Å². The van der Waals surface area contributed by atoms with Crippen molar-refractivity contribution in [3.05, 3.63) is 48.0 Å². The van der Waals surface area contributed by atoms with Crippen molar-refractivity contribution in [2.75, 3.05) is 33.4 Å². The van der Waals surface area contributed by atoms with Crippen molar-refractivity contribution < 1.29 is 14.3 Å². The van der Waals surface area contributed by atoms with Crippen LogP contribution in [-0.4, -0.2) is 50.1 Å². The fraction of sp³-hybridized carbons (Fsp3) is 0.400. The minimum absolute atomic E-state index is 0.0200. The van der Waals surface area contributed by atoms with E-state index in [1.54, 1.807) is 7.11 Å². The molecule has 3 rings (SSSR count). The largest absolute Gasteiger partial charge is 0.383 e. The molecule has 0 unspecified atom stereocenters. The quantitative estimate of drug-likeness (QED) is 0.851. The van der Waals surface area contributed by atoms with Crippen LogP contribution in [0.1, 0.15) is 23.2 Å². The zero-order valence-corrected chi connectivity index (χ0v) is 14.5. The van der Waals surface area contributed by atoms with Gasteiger partial charge in [0.15, 0.2) is 0 Å². The van der Waals surface area contributed by atoms with Gasteiger partial charge in [-0.3, -0.25) is 9.59 Å². The van der Waals surface area contributed by atoms with Crippen LogP contribution in [0, 0.1) is 5.92 Å². The molecule has 25 heavy (non-hydrogen) atoms. The fourth-order valence-electron chi connectivity index (χ4n) is 3.35. The average molecular weight is 340 g/mol. The van der Waals surface area contributed by atoms with Crippen LogP contribution in [0.5, 0.6) is 0 Å². The summed E-state index contributed by atoms with van der Waals surface area (Å²) < 4.78 is 4.94. The van der Waals surface area contributed by atoms with E-state index in [-0.39, 0.29) is 17.7 Å². The first-order valence-electron chi connectivity index (χ1n) is 8.74. The van der Waals surface area contributed by atoms with Crippen molar-refractivity contribution in [2.45, 2.75) is 12.8 Å². The molecule has 0 radical (unpaired) electrons. The third-order valence-corrected chi connectivity index (χ3v) is 4.78. The van der Waals surface area contributed by atoms with E-state index in [1.807, 2.05) is 47.4 Å². The summed E-state index contributed by atoms with van der Waals surface area (Å²) in [4.78, 5) is 26.9. The van der Waals surface area contributed by atoms with Gasteiger partial charge in [-0.05, 0) is 29.7 Å². The first kappa shape index (κ1) is 17.4. The lowest BCUT2D eigenvalue weighted by Gasteiger charge is -2.31. The predicted molar refractivity (Wildman–Crippen MR) is 97.5 cm³/mol. The summed E-state index contributed by atoms with van der Waals surface area (Å²) in [6, 6.07) is 13.8. The summed E-state index contributed by atoms with van der Waals surface area (Å²) in [7, 11) is 1.61. The van der Waals surface area contributed by atoms with E-state index < -0.39 is 0 Å². The number of hydrogen-bond acceptors (Lipinski definition) is 3. The first-order valence-corrected chi connectivity index (χ1v) is 8.74. The van der Waals surface area contributed by atoms with Crippen LogP contribution in [-0.2, 0) is 9.53 Å². The lowest BCUT2D eigenvalue weighted by Crippen LogP contribution is -2.43. The van der Waals surface area contributed by atoms with Crippen LogP contribution < -0.4 is 5.32 Å². The van der Waals surface area contributed by atoms with E-state index in [0.29, 0.717) is 39.1 Å². The SMILES string of the molecule is COCCNC(=O)C1CCN(C(=O)c2cccc3ccccc23)CC1. The fourth-order valence-corrected chi connectivity index (χ4v) is 3.35. The molecule has 0 spiro atoms. The number of carbonyl (C=O) groups is 2. The van der Waals surface area contributed by atoms with Crippen molar-refractivity contribution in [1.82, 2.24) is 10.2 Å². The second-order valence-corrected chi connectivity index (χ2v) is 6.38. The van der Waals surface area contributed by atoms with Gasteiger partial charge in [-0.1, -0.05) is 36.4 Å². The molecule has 5 heteroatoms. The average Bonchev–Trinajstić information content (AvgIpc) is 2.67.